The zero-order chi connectivity index (χ0) is 23.0. The summed E-state index contributed by atoms with van der Waals surface area (Å²) in [5, 5.41) is 6.32. The van der Waals surface area contributed by atoms with Gasteiger partial charge >= 0.3 is 6.18 Å². The fourth-order valence-electron chi connectivity index (χ4n) is 2.67. The summed E-state index contributed by atoms with van der Waals surface area (Å²) in [5.74, 6) is -0.329. The Hall–Kier alpha value is -2.64. The molecule has 0 aliphatic heterocycles. The monoisotopic (exact) mass is 507 g/mol. The summed E-state index contributed by atoms with van der Waals surface area (Å²) in [4.78, 5) is 20.6. The van der Waals surface area contributed by atoms with Gasteiger partial charge in [0.05, 0.1) is 16.5 Å². The molecule has 0 unspecified atom stereocenters. The van der Waals surface area contributed by atoms with Crippen molar-refractivity contribution in [2.45, 2.75) is 24.0 Å². The number of hydrogen-bond acceptors (Lipinski definition) is 6. The molecule has 1 N–H and O–H groups in total. The van der Waals surface area contributed by atoms with Crippen LogP contribution in [0.1, 0.15) is 34.7 Å². The van der Waals surface area contributed by atoms with Gasteiger partial charge in [-0.3, -0.25) is 4.79 Å². The molecule has 2 aromatic heterocycles. The lowest BCUT2D eigenvalue weighted by Gasteiger charge is -2.15. The van der Waals surface area contributed by atoms with Crippen molar-refractivity contribution in [1.82, 2.24) is 25.1 Å². The number of amides is 1. The van der Waals surface area contributed by atoms with Crippen LogP contribution in [-0.4, -0.2) is 40.3 Å². The van der Waals surface area contributed by atoms with E-state index in [1.807, 2.05) is 0 Å². The molecular formula is C18H17ClF3N5O3S2. The van der Waals surface area contributed by atoms with E-state index in [0.29, 0.717) is 6.07 Å². The number of benzene rings is 1. The summed E-state index contributed by atoms with van der Waals surface area (Å²) in [6.45, 7) is 1.55. The first kappa shape index (κ1) is 25.6. The first-order chi connectivity index (χ1) is 14.4. The van der Waals surface area contributed by atoms with Gasteiger partial charge in [0.25, 0.3) is 5.91 Å². The highest BCUT2D eigenvalue weighted by molar-refractivity contribution is 7.90. The van der Waals surface area contributed by atoms with Gasteiger partial charge in [0.1, 0.15) is 6.33 Å². The maximum atomic E-state index is 13.0. The molecule has 0 spiro atoms. The molecule has 1 atom stereocenters. The molecule has 0 radical (unpaired) electrons. The van der Waals surface area contributed by atoms with E-state index in [2.05, 4.69) is 20.4 Å². The minimum atomic E-state index is -4.66. The SMILES string of the molecule is C[C@H](NC(=O)c1cc(Cl)cc(C(F)(F)F)c1)c1ncnn1-c1ccc(S(C)(=O)=O)cn1.S. The van der Waals surface area contributed by atoms with Crippen molar-refractivity contribution in [3.63, 3.8) is 0 Å². The van der Waals surface area contributed by atoms with E-state index >= 15 is 0 Å². The number of halogens is 4. The van der Waals surface area contributed by atoms with E-state index in [4.69, 9.17) is 11.6 Å². The number of nitrogens with zero attached hydrogens (tertiary/aromatic N) is 4. The van der Waals surface area contributed by atoms with Crippen molar-refractivity contribution >= 4 is 40.8 Å². The van der Waals surface area contributed by atoms with Crippen LogP contribution in [0.15, 0.2) is 47.8 Å². The number of hydrogen-bond donors (Lipinski definition) is 1. The zero-order valence-electron chi connectivity index (χ0n) is 16.6. The Morgan fingerprint density at radius 2 is 1.88 bits per heavy atom. The molecule has 0 aliphatic carbocycles. The Bertz CT molecular complexity index is 1230. The minimum absolute atomic E-state index is 0. The van der Waals surface area contributed by atoms with E-state index in [1.54, 1.807) is 6.92 Å². The van der Waals surface area contributed by atoms with Crippen molar-refractivity contribution in [1.29, 1.82) is 0 Å². The van der Waals surface area contributed by atoms with Crippen LogP contribution in [0.3, 0.4) is 0 Å². The van der Waals surface area contributed by atoms with Crippen LogP contribution in [0.25, 0.3) is 5.82 Å². The second-order valence-electron chi connectivity index (χ2n) is 6.58. The second-order valence-corrected chi connectivity index (χ2v) is 9.03. The molecule has 3 aromatic rings. The summed E-state index contributed by atoms with van der Waals surface area (Å²) in [6, 6.07) is 4.52. The molecule has 3 rings (SSSR count). The van der Waals surface area contributed by atoms with Crippen molar-refractivity contribution in [2.75, 3.05) is 6.26 Å². The van der Waals surface area contributed by atoms with Crippen molar-refractivity contribution in [3.05, 3.63) is 64.8 Å². The van der Waals surface area contributed by atoms with Crippen LogP contribution in [0.2, 0.25) is 5.02 Å². The molecule has 0 bridgehead atoms. The number of carbonyl (C=O) groups excluding carboxylic acids is 1. The Morgan fingerprint density at radius 3 is 2.44 bits per heavy atom. The van der Waals surface area contributed by atoms with Crippen LogP contribution >= 0.6 is 25.1 Å². The van der Waals surface area contributed by atoms with Gasteiger partial charge in [-0.15, -0.1) is 0 Å². The third-order valence-corrected chi connectivity index (χ3v) is 5.48. The highest BCUT2D eigenvalue weighted by Crippen LogP contribution is 2.32. The van der Waals surface area contributed by atoms with Gasteiger partial charge in [0.15, 0.2) is 21.5 Å². The smallest absolute Gasteiger partial charge is 0.342 e. The number of nitrogens with one attached hydrogen (secondary N) is 1. The molecule has 0 saturated carbocycles. The lowest BCUT2D eigenvalue weighted by atomic mass is 10.1. The van der Waals surface area contributed by atoms with Gasteiger partial charge in [-0.05, 0) is 37.3 Å². The van der Waals surface area contributed by atoms with Crippen molar-refractivity contribution in [2.24, 2.45) is 0 Å². The Kier molecular flexibility index (Phi) is 7.58. The maximum Gasteiger partial charge on any atom is 0.416 e. The number of sulfone groups is 1. The number of alkyl halides is 3. The summed E-state index contributed by atoms with van der Waals surface area (Å²) < 4.78 is 63.4. The molecule has 32 heavy (non-hydrogen) atoms. The normalized spacial score (nSPS) is 12.7. The van der Waals surface area contributed by atoms with Crippen LogP contribution in [-0.2, 0) is 16.0 Å². The molecule has 14 heteroatoms. The summed E-state index contributed by atoms with van der Waals surface area (Å²) in [5.41, 5.74) is -1.32. The summed E-state index contributed by atoms with van der Waals surface area (Å²) >= 11 is 5.73. The number of aromatic nitrogens is 4. The van der Waals surface area contributed by atoms with Crippen LogP contribution in [0.5, 0.6) is 0 Å². The van der Waals surface area contributed by atoms with Crippen LogP contribution in [0.4, 0.5) is 13.2 Å². The molecule has 2 heterocycles. The molecular weight excluding hydrogens is 491 g/mol. The molecule has 8 nitrogen and oxygen atoms in total. The first-order valence-electron chi connectivity index (χ1n) is 8.61. The Labute approximate surface area is 193 Å². The molecule has 0 saturated heterocycles. The molecule has 1 aromatic carbocycles. The van der Waals surface area contributed by atoms with E-state index in [-0.39, 0.29) is 40.6 Å². The van der Waals surface area contributed by atoms with Gasteiger partial charge in [0, 0.05) is 23.0 Å². The molecule has 1 amide bonds. The molecule has 0 fully saturated rings. The van der Waals surface area contributed by atoms with E-state index in [9.17, 15) is 26.4 Å². The zero-order valence-corrected chi connectivity index (χ0v) is 19.1. The standard InChI is InChI=1S/C18H15ClF3N5O3S.H2S/c1-10(26-17(28)11-5-12(18(20,21)22)7-13(19)6-11)16-24-9-25-27(16)15-4-3-14(8-23-15)31(2,29)30;/h3-10H,1-2H3,(H,26,28);1H2/t10-;/m0./s1. The summed E-state index contributed by atoms with van der Waals surface area (Å²) in [6.07, 6.45) is -1.26. The first-order valence-corrected chi connectivity index (χ1v) is 10.9. The fourth-order valence-corrected chi connectivity index (χ4v) is 3.46. The van der Waals surface area contributed by atoms with Crippen molar-refractivity contribution < 1.29 is 26.4 Å². The molecule has 172 valence electrons. The van der Waals surface area contributed by atoms with E-state index in [1.165, 1.54) is 23.1 Å². The van der Waals surface area contributed by atoms with Gasteiger partial charge in [-0.2, -0.15) is 36.4 Å². The number of carbonyl (C=O) groups is 1. The third kappa shape index (κ3) is 5.78. The number of rotatable bonds is 5. The van der Waals surface area contributed by atoms with Crippen LogP contribution < -0.4 is 5.32 Å². The van der Waals surface area contributed by atoms with Crippen LogP contribution in [0, 0.1) is 0 Å². The Balaban J connectivity index is 0.00000363. The Morgan fingerprint density at radius 1 is 1.19 bits per heavy atom. The lowest BCUT2D eigenvalue weighted by molar-refractivity contribution is -0.137. The minimum Gasteiger partial charge on any atom is -0.342 e. The predicted molar refractivity (Wildman–Crippen MR) is 115 cm³/mol. The van der Waals surface area contributed by atoms with E-state index in [0.717, 1.165) is 24.6 Å². The highest BCUT2D eigenvalue weighted by atomic mass is 35.5. The second kappa shape index (κ2) is 9.46. The number of pyridine rings is 1. The molecule has 0 aliphatic rings. The van der Waals surface area contributed by atoms with Gasteiger partial charge in [-0.25, -0.2) is 18.4 Å². The van der Waals surface area contributed by atoms with Crippen molar-refractivity contribution in [3.8, 4) is 5.82 Å². The predicted octanol–water partition coefficient (Wildman–Crippen LogP) is 3.34. The highest BCUT2D eigenvalue weighted by Gasteiger charge is 2.32. The topological polar surface area (TPSA) is 107 Å². The quantitative estimate of drug-likeness (QED) is 0.567. The lowest BCUT2D eigenvalue weighted by Crippen LogP contribution is -2.29. The van der Waals surface area contributed by atoms with Gasteiger partial charge in [-0.1, -0.05) is 11.6 Å². The van der Waals surface area contributed by atoms with Gasteiger partial charge in [0.2, 0.25) is 0 Å². The average Bonchev–Trinajstić information content (AvgIpc) is 3.16. The fraction of sp³-hybridized carbons (Fsp3) is 0.222. The van der Waals surface area contributed by atoms with Gasteiger partial charge < -0.3 is 5.32 Å². The average molecular weight is 508 g/mol. The van der Waals surface area contributed by atoms with E-state index < -0.39 is 33.5 Å². The third-order valence-electron chi connectivity index (χ3n) is 4.16. The summed E-state index contributed by atoms with van der Waals surface area (Å²) in [7, 11) is -3.43. The maximum absolute atomic E-state index is 13.0. The largest absolute Gasteiger partial charge is 0.416 e.